The molecule has 0 aliphatic carbocycles. The minimum Gasteiger partial charge on any atom is -0.492 e. The lowest BCUT2D eigenvalue weighted by molar-refractivity contribution is -0.125. The zero-order valence-electron chi connectivity index (χ0n) is 20.1. The number of benzene rings is 3. The average molecular weight is 529 g/mol. The van der Waals surface area contributed by atoms with Gasteiger partial charge in [-0.1, -0.05) is 40.9 Å². The van der Waals surface area contributed by atoms with Crippen LogP contribution in [0.4, 0.5) is 11.4 Å². The topological polar surface area (TPSA) is 77.1 Å². The van der Waals surface area contributed by atoms with Gasteiger partial charge in [0.1, 0.15) is 23.9 Å². The maximum atomic E-state index is 12.9. The van der Waals surface area contributed by atoms with Crippen LogP contribution in [0.25, 0.3) is 0 Å². The van der Waals surface area contributed by atoms with Gasteiger partial charge < -0.3 is 24.4 Å². The number of fused-ring (bicyclic) bond motifs is 1. The zero-order valence-corrected chi connectivity index (χ0v) is 21.6. The van der Waals surface area contributed by atoms with E-state index in [1.54, 1.807) is 55.1 Å². The number of carbonyl (C=O) groups is 2. The maximum absolute atomic E-state index is 12.9. The number of hydrogen-bond donors (Lipinski definition) is 1. The second-order valence-corrected chi connectivity index (χ2v) is 9.26. The Hall–Kier alpha value is -3.42. The summed E-state index contributed by atoms with van der Waals surface area (Å²) in [7, 11) is 0. The van der Waals surface area contributed by atoms with Crippen molar-refractivity contribution in [2.75, 3.05) is 23.4 Å². The molecule has 0 bridgehead atoms. The second-order valence-electron chi connectivity index (χ2n) is 8.42. The Morgan fingerprint density at radius 1 is 1.11 bits per heavy atom. The third kappa shape index (κ3) is 6.04. The largest absolute Gasteiger partial charge is 0.492 e. The molecule has 1 heterocycles. The molecule has 3 aromatic carbocycles. The summed E-state index contributed by atoms with van der Waals surface area (Å²) in [5.41, 5.74) is 2.18. The van der Waals surface area contributed by atoms with E-state index in [0.717, 1.165) is 11.3 Å². The molecule has 3 aromatic rings. The summed E-state index contributed by atoms with van der Waals surface area (Å²) in [6, 6.07) is 17.6. The van der Waals surface area contributed by atoms with Gasteiger partial charge in [-0.25, -0.2) is 0 Å². The number of nitrogens with one attached hydrogen (secondary N) is 1. The zero-order chi connectivity index (χ0) is 25.8. The van der Waals surface area contributed by atoms with Crippen molar-refractivity contribution >= 4 is 46.4 Å². The second kappa shape index (κ2) is 11.1. The van der Waals surface area contributed by atoms with E-state index in [2.05, 4.69) is 5.32 Å². The van der Waals surface area contributed by atoms with Crippen molar-refractivity contribution in [1.82, 2.24) is 0 Å². The minimum absolute atomic E-state index is 0.187. The number of carbonyl (C=O) groups excluding carboxylic acids is 2. The molecule has 1 aliphatic heterocycles. The fourth-order valence-corrected chi connectivity index (χ4v) is 4.12. The van der Waals surface area contributed by atoms with E-state index in [-0.39, 0.29) is 11.8 Å². The van der Waals surface area contributed by atoms with Crippen molar-refractivity contribution in [3.8, 4) is 17.2 Å². The smallest absolute Gasteiger partial charge is 0.267 e. The van der Waals surface area contributed by atoms with Crippen LogP contribution >= 0.6 is 23.2 Å². The van der Waals surface area contributed by atoms with E-state index in [0.29, 0.717) is 46.1 Å². The van der Waals surface area contributed by atoms with E-state index < -0.39 is 12.2 Å². The molecule has 0 spiro atoms. The highest BCUT2D eigenvalue weighted by molar-refractivity contribution is 6.35. The Kier molecular flexibility index (Phi) is 7.91. The van der Waals surface area contributed by atoms with Crippen LogP contribution in [0.5, 0.6) is 17.2 Å². The minimum atomic E-state index is -0.836. The first kappa shape index (κ1) is 25.7. The summed E-state index contributed by atoms with van der Waals surface area (Å²) in [6.07, 6.45) is -1.47. The van der Waals surface area contributed by atoms with Crippen LogP contribution in [0.15, 0.2) is 60.7 Å². The summed E-state index contributed by atoms with van der Waals surface area (Å²) >= 11 is 12.1. The van der Waals surface area contributed by atoms with Gasteiger partial charge >= 0.3 is 0 Å². The molecule has 1 N–H and O–H groups in total. The van der Waals surface area contributed by atoms with Crippen LogP contribution in [0.1, 0.15) is 19.4 Å². The first-order valence-corrected chi connectivity index (χ1v) is 12.2. The van der Waals surface area contributed by atoms with Gasteiger partial charge in [-0.2, -0.15) is 0 Å². The monoisotopic (exact) mass is 528 g/mol. The molecule has 2 atom stereocenters. The molecule has 4 rings (SSSR count). The third-order valence-corrected chi connectivity index (χ3v) is 6.14. The third-order valence-electron chi connectivity index (χ3n) is 5.61. The first-order valence-electron chi connectivity index (χ1n) is 11.5. The Morgan fingerprint density at radius 2 is 1.86 bits per heavy atom. The molecule has 36 heavy (non-hydrogen) atoms. The van der Waals surface area contributed by atoms with E-state index in [9.17, 15) is 9.59 Å². The van der Waals surface area contributed by atoms with E-state index >= 15 is 0 Å². The summed E-state index contributed by atoms with van der Waals surface area (Å²) in [5, 5.41) is 3.60. The number of amides is 2. The summed E-state index contributed by atoms with van der Waals surface area (Å²) in [6.45, 7) is 5.94. The lowest BCUT2D eigenvalue weighted by Crippen LogP contribution is -2.46. The van der Waals surface area contributed by atoms with Gasteiger partial charge in [0.05, 0.1) is 17.3 Å². The number of halogens is 2. The molecule has 0 aromatic heterocycles. The fraction of sp³-hybridized carbons (Fsp3) is 0.259. The van der Waals surface area contributed by atoms with Gasteiger partial charge in [0.25, 0.3) is 11.8 Å². The van der Waals surface area contributed by atoms with E-state index in [4.69, 9.17) is 37.4 Å². The summed E-state index contributed by atoms with van der Waals surface area (Å²) in [4.78, 5) is 27.3. The number of ether oxygens (including phenoxy) is 3. The molecular weight excluding hydrogens is 503 g/mol. The van der Waals surface area contributed by atoms with Gasteiger partial charge in [-0.3, -0.25) is 9.59 Å². The summed E-state index contributed by atoms with van der Waals surface area (Å²) in [5.74, 6) is 1.05. The van der Waals surface area contributed by atoms with Crippen LogP contribution in [0.3, 0.4) is 0 Å². The number of hydrogen-bond acceptors (Lipinski definition) is 5. The van der Waals surface area contributed by atoms with Gasteiger partial charge in [-0.05, 0) is 69.3 Å². The molecule has 188 valence electrons. The SMILES string of the molecule is Cc1ccc(OCCN2C(=O)C(C)Oc3ccc(NC(=O)C(C)Oc4ccc(Cl)cc4Cl)cc32)cc1. The van der Waals surface area contributed by atoms with Crippen LogP contribution in [0, 0.1) is 6.92 Å². The van der Waals surface area contributed by atoms with Crippen LogP contribution < -0.4 is 24.4 Å². The van der Waals surface area contributed by atoms with E-state index in [1.807, 2.05) is 31.2 Å². The van der Waals surface area contributed by atoms with Crippen molar-refractivity contribution in [3.63, 3.8) is 0 Å². The molecule has 1 aliphatic rings. The molecule has 9 heteroatoms. The van der Waals surface area contributed by atoms with Crippen molar-refractivity contribution in [2.24, 2.45) is 0 Å². The predicted octanol–water partition coefficient (Wildman–Crippen LogP) is 5.90. The number of aryl methyl sites for hydroxylation is 1. The van der Waals surface area contributed by atoms with Crippen molar-refractivity contribution in [1.29, 1.82) is 0 Å². The summed E-state index contributed by atoms with van der Waals surface area (Å²) < 4.78 is 17.3. The Labute approximate surface area is 219 Å². The predicted molar refractivity (Wildman–Crippen MR) is 141 cm³/mol. The molecule has 7 nitrogen and oxygen atoms in total. The normalized spacial score (nSPS) is 15.5. The van der Waals surface area contributed by atoms with Crippen molar-refractivity contribution < 1.29 is 23.8 Å². The van der Waals surface area contributed by atoms with Crippen molar-refractivity contribution in [3.05, 3.63) is 76.3 Å². The first-order chi connectivity index (χ1) is 17.2. The van der Waals surface area contributed by atoms with Crippen LogP contribution in [-0.4, -0.2) is 37.2 Å². The molecule has 0 fully saturated rings. The van der Waals surface area contributed by atoms with Gasteiger partial charge in [0, 0.05) is 10.7 Å². The highest BCUT2D eigenvalue weighted by atomic mass is 35.5. The van der Waals surface area contributed by atoms with Gasteiger partial charge in [-0.15, -0.1) is 0 Å². The molecule has 2 amide bonds. The molecular formula is C27H26Cl2N2O5. The highest BCUT2D eigenvalue weighted by Crippen LogP contribution is 2.36. The number of rotatable bonds is 8. The Morgan fingerprint density at radius 3 is 2.58 bits per heavy atom. The average Bonchev–Trinajstić information content (AvgIpc) is 2.84. The molecule has 2 unspecified atom stereocenters. The fourth-order valence-electron chi connectivity index (χ4n) is 3.66. The van der Waals surface area contributed by atoms with Crippen LogP contribution in [-0.2, 0) is 9.59 Å². The van der Waals surface area contributed by atoms with Crippen molar-refractivity contribution in [2.45, 2.75) is 33.0 Å². The van der Waals surface area contributed by atoms with E-state index in [1.165, 1.54) is 0 Å². The van der Waals surface area contributed by atoms with Gasteiger partial charge in [0.15, 0.2) is 12.2 Å². The standard InChI is InChI=1S/C27H26Cl2N2O5/c1-16-4-8-21(9-5-16)34-13-12-31-23-15-20(7-11-25(23)36-18(3)27(31)33)30-26(32)17(2)35-24-10-6-19(28)14-22(24)29/h4-11,14-15,17-18H,12-13H2,1-3H3,(H,30,32). The highest BCUT2D eigenvalue weighted by Gasteiger charge is 2.32. The number of anilines is 2. The Balaban J connectivity index is 1.44. The lowest BCUT2D eigenvalue weighted by atomic mass is 10.1. The maximum Gasteiger partial charge on any atom is 0.267 e. The number of nitrogens with zero attached hydrogens (tertiary/aromatic N) is 1. The quantitative estimate of drug-likeness (QED) is 0.393. The Bertz CT molecular complexity index is 1270. The lowest BCUT2D eigenvalue weighted by Gasteiger charge is -2.33. The molecule has 0 radical (unpaired) electrons. The van der Waals surface area contributed by atoms with Gasteiger partial charge in [0.2, 0.25) is 0 Å². The molecule has 0 saturated carbocycles. The molecule has 0 saturated heterocycles. The van der Waals surface area contributed by atoms with Crippen LogP contribution in [0.2, 0.25) is 10.0 Å².